The number of hydrogen-bond acceptors (Lipinski definition) is 2. The summed E-state index contributed by atoms with van der Waals surface area (Å²) in [5.74, 6) is -0.0827. The molecule has 6 heteroatoms. The number of piperidine rings is 1. The number of carbonyl (C=O) groups is 1. The lowest BCUT2D eigenvalue weighted by Gasteiger charge is -2.31. The highest BCUT2D eigenvalue weighted by molar-refractivity contribution is 5.76. The molecular formula is C15H25F3N2O. The molecule has 0 saturated carbocycles. The summed E-state index contributed by atoms with van der Waals surface area (Å²) in [5, 5.41) is 3.49. The van der Waals surface area contributed by atoms with Gasteiger partial charge in [0.25, 0.3) is 0 Å². The highest BCUT2D eigenvalue weighted by atomic mass is 19.4. The van der Waals surface area contributed by atoms with Crippen molar-refractivity contribution in [2.45, 2.75) is 70.1 Å². The third kappa shape index (κ3) is 5.16. The smallest absolute Gasteiger partial charge is 0.334 e. The summed E-state index contributed by atoms with van der Waals surface area (Å²) in [7, 11) is 0. The van der Waals surface area contributed by atoms with Gasteiger partial charge in [0.15, 0.2) is 0 Å². The molecule has 0 aromatic heterocycles. The maximum Gasteiger partial charge on any atom is 0.406 e. The first kappa shape index (κ1) is 16.6. The lowest BCUT2D eigenvalue weighted by atomic mass is 9.89. The van der Waals surface area contributed by atoms with Crippen LogP contribution in [0.5, 0.6) is 0 Å². The van der Waals surface area contributed by atoms with E-state index < -0.39 is 12.7 Å². The topological polar surface area (TPSA) is 32.3 Å². The first-order valence-corrected chi connectivity index (χ1v) is 7.98. The fourth-order valence-corrected chi connectivity index (χ4v) is 3.58. The second kappa shape index (κ2) is 6.99. The Morgan fingerprint density at radius 2 is 1.86 bits per heavy atom. The molecule has 122 valence electrons. The van der Waals surface area contributed by atoms with Crippen LogP contribution in [0.1, 0.15) is 51.9 Å². The van der Waals surface area contributed by atoms with Crippen molar-refractivity contribution in [1.29, 1.82) is 0 Å². The molecule has 2 unspecified atom stereocenters. The normalized spacial score (nSPS) is 28.7. The van der Waals surface area contributed by atoms with Crippen molar-refractivity contribution in [2.75, 3.05) is 13.1 Å². The molecule has 2 aliphatic rings. The molecule has 2 saturated heterocycles. The molecular weight excluding hydrogens is 281 g/mol. The molecule has 2 heterocycles. The maximum absolute atomic E-state index is 12.6. The molecule has 0 spiro atoms. The van der Waals surface area contributed by atoms with Crippen molar-refractivity contribution in [3.63, 3.8) is 0 Å². The van der Waals surface area contributed by atoms with Gasteiger partial charge >= 0.3 is 6.18 Å². The van der Waals surface area contributed by atoms with Crippen molar-refractivity contribution in [1.82, 2.24) is 10.2 Å². The van der Waals surface area contributed by atoms with Gasteiger partial charge in [-0.25, -0.2) is 0 Å². The van der Waals surface area contributed by atoms with Crippen molar-refractivity contribution < 1.29 is 18.0 Å². The molecule has 0 aliphatic carbocycles. The Morgan fingerprint density at radius 3 is 2.38 bits per heavy atom. The Morgan fingerprint density at radius 1 is 1.24 bits per heavy atom. The molecule has 2 rings (SSSR count). The third-order valence-corrected chi connectivity index (χ3v) is 4.54. The minimum atomic E-state index is -4.31. The zero-order valence-electron chi connectivity index (χ0n) is 12.6. The van der Waals surface area contributed by atoms with Gasteiger partial charge in [0.05, 0.1) is 0 Å². The predicted octanol–water partition coefficient (Wildman–Crippen LogP) is 3.10. The van der Waals surface area contributed by atoms with Gasteiger partial charge in [0.1, 0.15) is 6.54 Å². The van der Waals surface area contributed by atoms with Crippen molar-refractivity contribution in [3.8, 4) is 0 Å². The highest BCUT2D eigenvalue weighted by Crippen LogP contribution is 2.33. The summed E-state index contributed by atoms with van der Waals surface area (Å²) in [6, 6.07) is 0.932. The summed E-state index contributed by atoms with van der Waals surface area (Å²) in [6.45, 7) is 1.02. The van der Waals surface area contributed by atoms with Gasteiger partial charge in [-0.1, -0.05) is 13.3 Å². The minimum Gasteiger partial charge on any atom is -0.334 e. The van der Waals surface area contributed by atoms with Gasteiger partial charge in [-0.15, -0.1) is 0 Å². The summed E-state index contributed by atoms with van der Waals surface area (Å²) in [4.78, 5) is 13.2. The van der Waals surface area contributed by atoms with Crippen molar-refractivity contribution in [3.05, 3.63) is 0 Å². The summed E-state index contributed by atoms with van der Waals surface area (Å²) >= 11 is 0. The first-order valence-electron chi connectivity index (χ1n) is 7.98. The van der Waals surface area contributed by atoms with Crippen LogP contribution in [0.4, 0.5) is 13.2 Å². The summed E-state index contributed by atoms with van der Waals surface area (Å²) < 4.78 is 37.8. The van der Waals surface area contributed by atoms with Gasteiger partial charge < -0.3 is 10.2 Å². The monoisotopic (exact) mass is 306 g/mol. The van der Waals surface area contributed by atoms with E-state index in [1.165, 1.54) is 0 Å². The van der Waals surface area contributed by atoms with Crippen LogP contribution in [-0.2, 0) is 4.79 Å². The minimum absolute atomic E-state index is 0.215. The lowest BCUT2D eigenvalue weighted by Crippen LogP contribution is -2.43. The largest absolute Gasteiger partial charge is 0.406 e. The van der Waals surface area contributed by atoms with E-state index in [9.17, 15) is 18.0 Å². The molecule has 2 atom stereocenters. The van der Waals surface area contributed by atoms with Crippen LogP contribution in [-0.4, -0.2) is 42.2 Å². The Labute approximate surface area is 124 Å². The molecule has 0 radical (unpaired) electrons. The quantitative estimate of drug-likeness (QED) is 0.818. The van der Waals surface area contributed by atoms with E-state index in [4.69, 9.17) is 0 Å². The summed E-state index contributed by atoms with van der Waals surface area (Å²) in [5.41, 5.74) is 0. The fraction of sp³-hybridized carbons (Fsp3) is 0.933. The first-order chi connectivity index (χ1) is 9.87. The van der Waals surface area contributed by atoms with Crippen LogP contribution in [0, 0.1) is 5.92 Å². The van der Waals surface area contributed by atoms with E-state index >= 15 is 0 Å². The number of carbonyl (C=O) groups excluding carboxylic acids is 1. The van der Waals surface area contributed by atoms with Crippen LogP contribution >= 0.6 is 0 Å². The van der Waals surface area contributed by atoms with Crippen LogP contribution in [0.25, 0.3) is 0 Å². The van der Waals surface area contributed by atoms with E-state index in [1.54, 1.807) is 0 Å². The van der Waals surface area contributed by atoms with Crippen LogP contribution < -0.4 is 5.32 Å². The lowest BCUT2D eigenvalue weighted by molar-refractivity contribution is -0.162. The fourth-order valence-electron chi connectivity index (χ4n) is 3.58. The molecule has 2 bridgehead atoms. The van der Waals surface area contributed by atoms with Gasteiger partial charge in [-0.3, -0.25) is 4.79 Å². The molecule has 0 aromatic carbocycles. The van der Waals surface area contributed by atoms with Crippen LogP contribution in [0.15, 0.2) is 0 Å². The van der Waals surface area contributed by atoms with E-state index in [2.05, 4.69) is 5.32 Å². The van der Waals surface area contributed by atoms with Gasteiger partial charge in [-0.2, -0.15) is 13.2 Å². The zero-order valence-corrected chi connectivity index (χ0v) is 12.6. The molecule has 1 amide bonds. The van der Waals surface area contributed by atoms with Gasteiger partial charge in [-0.05, 0) is 38.0 Å². The molecule has 3 nitrogen and oxygen atoms in total. The number of amides is 1. The SMILES string of the molecule is CCCCN(CC(F)(F)F)C(=O)CC1CC2CCC(C1)N2. The standard InChI is InChI=1S/C15H25F3N2O/c1-2-3-6-20(10-15(16,17)18)14(21)9-11-7-12-4-5-13(8-11)19-12/h11-13,19H,2-10H2,1H3. The molecule has 21 heavy (non-hydrogen) atoms. The van der Waals surface area contributed by atoms with E-state index in [-0.39, 0.29) is 24.8 Å². The number of nitrogens with one attached hydrogen (secondary N) is 1. The van der Waals surface area contributed by atoms with Crippen LogP contribution in [0.3, 0.4) is 0 Å². The van der Waals surface area contributed by atoms with Crippen molar-refractivity contribution >= 4 is 5.91 Å². The van der Waals surface area contributed by atoms with E-state index in [1.807, 2.05) is 6.92 Å². The van der Waals surface area contributed by atoms with E-state index in [0.29, 0.717) is 18.5 Å². The average molecular weight is 306 g/mol. The van der Waals surface area contributed by atoms with Crippen LogP contribution in [0.2, 0.25) is 0 Å². The predicted molar refractivity (Wildman–Crippen MR) is 74.8 cm³/mol. The van der Waals surface area contributed by atoms with Gasteiger partial charge in [0.2, 0.25) is 5.91 Å². The number of nitrogens with zero attached hydrogens (tertiary/aromatic N) is 1. The second-order valence-corrected chi connectivity index (χ2v) is 6.46. The number of halogens is 3. The Bertz CT molecular complexity index is 347. The third-order valence-electron chi connectivity index (χ3n) is 4.54. The Hall–Kier alpha value is -0.780. The number of unbranched alkanes of at least 4 members (excludes halogenated alkanes) is 1. The molecule has 2 aliphatic heterocycles. The van der Waals surface area contributed by atoms with E-state index in [0.717, 1.165) is 37.0 Å². The number of fused-ring (bicyclic) bond motifs is 2. The average Bonchev–Trinajstić information content (AvgIpc) is 2.72. The number of rotatable bonds is 6. The van der Waals surface area contributed by atoms with Crippen molar-refractivity contribution in [2.24, 2.45) is 5.92 Å². The maximum atomic E-state index is 12.6. The molecule has 1 N–H and O–H groups in total. The second-order valence-electron chi connectivity index (χ2n) is 6.46. The number of alkyl halides is 3. The molecule has 0 aromatic rings. The summed E-state index contributed by atoms with van der Waals surface area (Å²) in [6.07, 6.45) is 1.50. The Balaban J connectivity index is 1.87. The Kier molecular flexibility index (Phi) is 5.52. The number of hydrogen-bond donors (Lipinski definition) is 1. The zero-order chi connectivity index (χ0) is 15.5. The molecule has 2 fully saturated rings. The highest BCUT2D eigenvalue weighted by Gasteiger charge is 2.37. The van der Waals surface area contributed by atoms with Gasteiger partial charge in [0, 0.05) is 25.0 Å².